The Morgan fingerprint density at radius 3 is 2.21 bits per heavy atom. The molecule has 1 saturated heterocycles. The predicted molar refractivity (Wildman–Crippen MR) is 108 cm³/mol. The zero-order valence-corrected chi connectivity index (χ0v) is 17.6. The number of benzene rings is 1. The van der Waals surface area contributed by atoms with Gasteiger partial charge in [-0.15, -0.1) is 10.2 Å². The second-order valence-electron chi connectivity index (χ2n) is 7.88. The van der Waals surface area contributed by atoms with Crippen LogP contribution in [0.2, 0.25) is 0 Å². The maximum Gasteiger partial charge on any atom is 0.277 e. The standard InChI is InChI=1S/C20H26N4O3S/c1-14(25)23-9-11-24(12-10-23)17(26)13-28-19-22-21-18(27-19)15-5-7-16(8-6-15)20(2,3)4/h5-8H,9-13H2,1-4H3. The lowest BCUT2D eigenvalue weighted by atomic mass is 9.87. The van der Waals surface area contributed by atoms with Crippen LogP contribution in [0.5, 0.6) is 0 Å². The lowest BCUT2D eigenvalue weighted by Gasteiger charge is -2.34. The number of aromatic nitrogens is 2. The van der Waals surface area contributed by atoms with Crippen molar-refractivity contribution in [3.8, 4) is 11.5 Å². The van der Waals surface area contributed by atoms with Crippen molar-refractivity contribution in [1.29, 1.82) is 0 Å². The Morgan fingerprint density at radius 1 is 1.04 bits per heavy atom. The van der Waals surface area contributed by atoms with Gasteiger partial charge in [0.05, 0.1) is 5.75 Å². The molecule has 2 amide bonds. The van der Waals surface area contributed by atoms with Crippen LogP contribution in [-0.2, 0) is 15.0 Å². The van der Waals surface area contributed by atoms with Crippen molar-refractivity contribution in [3.05, 3.63) is 29.8 Å². The highest BCUT2D eigenvalue weighted by Crippen LogP contribution is 2.27. The van der Waals surface area contributed by atoms with Crippen LogP contribution in [0, 0.1) is 0 Å². The van der Waals surface area contributed by atoms with Crippen molar-refractivity contribution < 1.29 is 14.0 Å². The van der Waals surface area contributed by atoms with Gasteiger partial charge in [-0.3, -0.25) is 9.59 Å². The summed E-state index contributed by atoms with van der Waals surface area (Å²) < 4.78 is 5.70. The summed E-state index contributed by atoms with van der Waals surface area (Å²) in [4.78, 5) is 27.3. The van der Waals surface area contributed by atoms with Gasteiger partial charge >= 0.3 is 0 Å². The fraction of sp³-hybridized carbons (Fsp3) is 0.500. The van der Waals surface area contributed by atoms with E-state index in [0.717, 1.165) is 5.56 Å². The Hall–Kier alpha value is -2.35. The smallest absolute Gasteiger partial charge is 0.277 e. The molecule has 1 aromatic heterocycles. The number of hydrogen-bond donors (Lipinski definition) is 0. The van der Waals surface area contributed by atoms with E-state index in [1.54, 1.807) is 16.7 Å². The normalized spacial score (nSPS) is 15.0. The molecule has 8 heteroatoms. The Bertz CT molecular complexity index is 834. The summed E-state index contributed by atoms with van der Waals surface area (Å²) in [6, 6.07) is 8.08. The highest BCUT2D eigenvalue weighted by atomic mass is 32.2. The van der Waals surface area contributed by atoms with E-state index >= 15 is 0 Å². The maximum absolute atomic E-state index is 12.4. The Kier molecular flexibility index (Phi) is 6.07. The summed E-state index contributed by atoms with van der Waals surface area (Å²) in [5, 5.41) is 8.51. The minimum Gasteiger partial charge on any atom is -0.411 e. The van der Waals surface area contributed by atoms with E-state index in [0.29, 0.717) is 37.3 Å². The van der Waals surface area contributed by atoms with Crippen LogP contribution in [-0.4, -0.2) is 63.7 Å². The minimum atomic E-state index is 0.0162. The monoisotopic (exact) mass is 402 g/mol. The Balaban J connectivity index is 1.54. The molecule has 2 heterocycles. The predicted octanol–water partition coefficient (Wildman–Crippen LogP) is 2.82. The number of nitrogens with zero attached hydrogens (tertiary/aromatic N) is 4. The van der Waals surface area contributed by atoms with Gasteiger partial charge in [0.15, 0.2) is 0 Å². The van der Waals surface area contributed by atoms with Crippen LogP contribution in [0.3, 0.4) is 0 Å². The molecule has 150 valence electrons. The van der Waals surface area contributed by atoms with Crippen molar-refractivity contribution in [2.24, 2.45) is 0 Å². The summed E-state index contributed by atoms with van der Waals surface area (Å²) in [5.41, 5.74) is 2.19. The average molecular weight is 403 g/mol. The van der Waals surface area contributed by atoms with Crippen molar-refractivity contribution in [1.82, 2.24) is 20.0 Å². The third-order valence-electron chi connectivity index (χ3n) is 4.80. The highest BCUT2D eigenvalue weighted by molar-refractivity contribution is 7.99. The molecule has 0 N–H and O–H groups in total. The molecule has 7 nitrogen and oxygen atoms in total. The molecule has 28 heavy (non-hydrogen) atoms. The molecule has 0 spiro atoms. The van der Waals surface area contributed by atoms with Gasteiger partial charge in [0.2, 0.25) is 17.7 Å². The molecule has 1 aliphatic rings. The van der Waals surface area contributed by atoms with E-state index in [4.69, 9.17) is 4.42 Å². The van der Waals surface area contributed by atoms with Gasteiger partial charge in [-0.25, -0.2) is 0 Å². The van der Waals surface area contributed by atoms with E-state index in [9.17, 15) is 9.59 Å². The molecule has 0 aliphatic carbocycles. The van der Waals surface area contributed by atoms with Gasteiger partial charge in [0.1, 0.15) is 0 Å². The summed E-state index contributed by atoms with van der Waals surface area (Å²) in [6.45, 7) is 10.4. The Morgan fingerprint density at radius 2 is 1.64 bits per heavy atom. The minimum absolute atomic E-state index is 0.0162. The lowest BCUT2D eigenvalue weighted by molar-refractivity contribution is -0.136. The molecule has 3 rings (SSSR count). The summed E-state index contributed by atoms with van der Waals surface area (Å²) >= 11 is 1.24. The number of thioether (sulfide) groups is 1. The highest BCUT2D eigenvalue weighted by Gasteiger charge is 2.23. The van der Waals surface area contributed by atoms with E-state index in [-0.39, 0.29) is 23.0 Å². The number of hydrogen-bond acceptors (Lipinski definition) is 6. The molecule has 0 unspecified atom stereocenters. The van der Waals surface area contributed by atoms with Gasteiger partial charge in [-0.05, 0) is 23.1 Å². The topological polar surface area (TPSA) is 79.5 Å². The first-order valence-electron chi connectivity index (χ1n) is 9.34. The molecular formula is C20H26N4O3S. The van der Waals surface area contributed by atoms with Gasteiger partial charge in [-0.1, -0.05) is 44.7 Å². The van der Waals surface area contributed by atoms with E-state index in [1.165, 1.54) is 17.3 Å². The third kappa shape index (κ3) is 4.92. The SMILES string of the molecule is CC(=O)N1CCN(C(=O)CSc2nnc(-c3ccc(C(C)(C)C)cc3)o2)CC1. The first kappa shape index (κ1) is 20.4. The molecule has 0 saturated carbocycles. The molecule has 1 aliphatic heterocycles. The average Bonchev–Trinajstić information content (AvgIpc) is 3.14. The van der Waals surface area contributed by atoms with E-state index in [2.05, 4.69) is 43.1 Å². The first-order chi connectivity index (χ1) is 13.2. The Labute approximate surface area is 169 Å². The quantitative estimate of drug-likeness (QED) is 0.732. The van der Waals surface area contributed by atoms with Crippen molar-refractivity contribution in [2.45, 2.75) is 38.3 Å². The molecule has 1 aromatic carbocycles. The number of piperazine rings is 1. The fourth-order valence-electron chi connectivity index (χ4n) is 2.98. The van der Waals surface area contributed by atoms with Gasteiger partial charge < -0.3 is 14.2 Å². The molecule has 0 atom stereocenters. The van der Waals surface area contributed by atoms with Crippen LogP contribution >= 0.6 is 11.8 Å². The second-order valence-corrected chi connectivity index (χ2v) is 8.80. The fourth-order valence-corrected chi connectivity index (χ4v) is 3.65. The van der Waals surface area contributed by atoms with Crippen molar-refractivity contribution >= 4 is 23.6 Å². The zero-order chi connectivity index (χ0) is 20.3. The summed E-state index contributed by atoms with van der Waals surface area (Å²) in [7, 11) is 0. The summed E-state index contributed by atoms with van der Waals surface area (Å²) in [6.07, 6.45) is 0. The number of amides is 2. The molecule has 2 aromatic rings. The number of carbonyl (C=O) groups excluding carboxylic acids is 2. The summed E-state index contributed by atoms with van der Waals surface area (Å²) in [5.74, 6) is 0.758. The van der Waals surface area contributed by atoms with Crippen LogP contribution < -0.4 is 0 Å². The van der Waals surface area contributed by atoms with Crippen LogP contribution in [0.1, 0.15) is 33.3 Å². The zero-order valence-electron chi connectivity index (χ0n) is 16.8. The number of carbonyl (C=O) groups is 2. The third-order valence-corrected chi connectivity index (χ3v) is 5.60. The van der Waals surface area contributed by atoms with E-state index in [1.807, 2.05) is 12.1 Å². The van der Waals surface area contributed by atoms with Crippen LogP contribution in [0.4, 0.5) is 0 Å². The largest absolute Gasteiger partial charge is 0.411 e. The molecular weight excluding hydrogens is 376 g/mol. The first-order valence-corrected chi connectivity index (χ1v) is 10.3. The van der Waals surface area contributed by atoms with Gasteiger partial charge in [-0.2, -0.15) is 0 Å². The molecule has 0 radical (unpaired) electrons. The molecule has 1 fully saturated rings. The van der Waals surface area contributed by atoms with Crippen LogP contribution in [0.25, 0.3) is 11.5 Å². The van der Waals surface area contributed by atoms with Crippen molar-refractivity contribution in [3.63, 3.8) is 0 Å². The second kappa shape index (κ2) is 8.34. The lowest BCUT2D eigenvalue weighted by Crippen LogP contribution is -2.50. The maximum atomic E-state index is 12.4. The van der Waals surface area contributed by atoms with E-state index < -0.39 is 0 Å². The van der Waals surface area contributed by atoms with Crippen LogP contribution in [0.15, 0.2) is 33.9 Å². The van der Waals surface area contributed by atoms with Gasteiger partial charge in [0.25, 0.3) is 5.22 Å². The van der Waals surface area contributed by atoms with Gasteiger partial charge in [0, 0.05) is 38.7 Å². The molecule has 0 bridgehead atoms. The number of rotatable bonds is 4. The van der Waals surface area contributed by atoms with Crippen molar-refractivity contribution in [2.75, 3.05) is 31.9 Å².